The molecule has 0 atom stereocenters. The van der Waals surface area contributed by atoms with Gasteiger partial charge in [0.1, 0.15) is 5.82 Å². The van der Waals surface area contributed by atoms with Gasteiger partial charge in [-0.3, -0.25) is 10.1 Å². The van der Waals surface area contributed by atoms with Crippen molar-refractivity contribution < 1.29 is 9.45 Å². The molecule has 0 amide bonds. The molecule has 0 aliphatic carbocycles. The third-order valence-corrected chi connectivity index (χ3v) is 2.27. The SMILES string of the molecule is Cc1nc(CNc2cc([N+](=O)[O-])c(C)cn2)no1. The van der Waals surface area contributed by atoms with Crippen LogP contribution in [-0.2, 0) is 6.54 Å². The van der Waals surface area contributed by atoms with Crippen LogP contribution in [0.5, 0.6) is 0 Å². The Morgan fingerprint density at radius 2 is 2.28 bits per heavy atom. The molecule has 94 valence electrons. The first kappa shape index (κ1) is 12.0. The standard InChI is InChI=1S/C10H11N5O3/c1-6-4-11-9(3-8(6)15(16)17)12-5-10-13-7(2)18-14-10/h3-4H,5H2,1-2H3,(H,11,12). The normalized spacial score (nSPS) is 10.3. The number of nitro groups is 1. The summed E-state index contributed by atoms with van der Waals surface area (Å²) in [5, 5.41) is 17.4. The molecule has 0 bridgehead atoms. The van der Waals surface area contributed by atoms with E-state index in [1.54, 1.807) is 13.8 Å². The Bertz CT molecular complexity index is 581. The van der Waals surface area contributed by atoms with Crippen molar-refractivity contribution in [2.24, 2.45) is 0 Å². The van der Waals surface area contributed by atoms with Crippen LogP contribution in [0.1, 0.15) is 17.3 Å². The number of aromatic nitrogens is 3. The van der Waals surface area contributed by atoms with Gasteiger partial charge in [0, 0.05) is 18.7 Å². The number of nitrogens with zero attached hydrogens (tertiary/aromatic N) is 4. The van der Waals surface area contributed by atoms with Gasteiger partial charge >= 0.3 is 0 Å². The summed E-state index contributed by atoms with van der Waals surface area (Å²) in [7, 11) is 0. The lowest BCUT2D eigenvalue weighted by atomic mass is 10.2. The number of rotatable bonds is 4. The Hall–Kier alpha value is -2.51. The maximum Gasteiger partial charge on any atom is 0.277 e. The highest BCUT2D eigenvalue weighted by molar-refractivity contribution is 5.48. The van der Waals surface area contributed by atoms with Crippen molar-refractivity contribution in [2.75, 3.05) is 5.32 Å². The molecule has 0 aliphatic rings. The molecule has 2 rings (SSSR count). The summed E-state index contributed by atoms with van der Waals surface area (Å²) < 4.78 is 4.80. The Balaban J connectivity index is 2.10. The van der Waals surface area contributed by atoms with Crippen molar-refractivity contribution in [1.29, 1.82) is 0 Å². The van der Waals surface area contributed by atoms with E-state index in [1.807, 2.05) is 0 Å². The minimum atomic E-state index is -0.444. The van der Waals surface area contributed by atoms with Gasteiger partial charge in [0.2, 0.25) is 5.89 Å². The Morgan fingerprint density at radius 3 is 2.89 bits per heavy atom. The van der Waals surface area contributed by atoms with Crippen molar-refractivity contribution in [3.8, 4) is 0 Å². The van der Waals surface area contributed by atoms with Gasteiger partial charge in [-0.1, -0.05) is 5.16 Å². The molecular formula is C10H11N5O3. The van der Waals surface area contributed by atoms with E-state index in [4.69, 9.17) is 4.52 Å². The molecule has 0 radical (unpaired) electrons. The molecule has 0 aromatic carbocycles. The van der Waals surface area contributed by atoms with Gasteiger partial charge in [-0.05, 0) is 6.92 Å². The highest BCUT2D eigenvalue weighted by atomic mass is 16.6. The average Bonchev–Trinajstić information content (AvgIpc) is 2.74. The molecule has 0 saturated heterocycles. The minimum absolute atomic E-state index is 0.0248. The molecule has 8 heteroatoms. The van der Waals surface area contributed by atoms with Gasteiger partial charge in [0.25, 0.3) is 5.69 Å². The molecule has 2 heterocycles. The molecule has 8 nitrogen and oxygen atoms in total. The van der Waals surface area contributed by atoms with E-state index in [0.717, 1.165) is 0 Å². The molecule has 18 heavy (non-hydrogen) atoms. The molecule has 0 fully saturated rings. The van der Waals surface area contributed by atoms with Crippen molar-refractivity contribution in [1.82, 2.24) is 15.1 Å². The van der Waals surface area contributed by atoms with Crippen LogP contribution in [0.4, 0.5) is 11.5 Å². The molecule has 0 aliphatic heterocycles. The van der Waals surface area contributed by atoms with Crippen molar-refractivity contribution in [3.05, 3.63) is 39.7 Å². The monoisotopic (exact) mass is 249 g/mol. The average molecular weight is 249 g/mol. The lowest BCUT2D eigenvalue weighted by molar-refractivity contribution is -0.385. The number of aryl methyl sites for hydroxylation is 2. The van der Waals surface area contributed by atoms with Crippen LogP contribution >= 0.6 is 0 Å². The van der Waals surface area contributed by atoms with Gasteiger partial charge in [0.05, 0.1) is 17.5 Å². The topological polar surface area (TPSA) is 107 Å². The zero-order valence-electron chi connectivity index (χ0n) is 9.88. The third kappa shape index (κ3) is 2.59. The molecule has 2 aromatic heterocycles. The minimum Gasteiger partial charge on any atom is -0.362 e. The Labute approximate surface area is 102 Å². The van der Waals surface area contributed by atoms with Crippen LogP contribution in [0.15, 0.2) is 16.8 Å². The van der Waals surface area contributed by atoms with Gasteiger partial charge in [0.15, 0.2) is 5.82 Å². The van der Waals surface area contributed by atoms with Crippen molar-refractivity contribution in [3.63, 3.8) is 0 Å². The lowest BCUT2D eigenvalue weighted by Crippen LogP contribution is -2.04. The largest absolute Gasteiger partial charge is 0.362 e. The Kier molecular flexibility index (Phi) is 3.18. The fourth-order valence-corrected chi connectivity index (χ4v) is 1.39. The fourth-order valence-electron chi connectivity index (χ4n) is 1.39. The number of anilines is 1. The van der Waals surface area contributed by atoms with E-state index in [1.165, 1.54) is 12.3 Å². The molecular weight excluding hydrogens is 238 g/mol. The summed E-state index contributed by atoms with van der Waals surface area (Å²) in [5.41, 5.74) is 0.540. The quantitative estimate of drug-likeness (QED) is 0.647. The zero-order valence-corrected chi connectivity index (χ0v) is 9.88. The first-order valence-electron chi connectivity index (χ1n) is 5.20. The van der Waals surface area contributed by atoms with Gasteiger partial charge in [-0.15, -0.1) is 0 Å². The lowest BCUT2D eigenvalue weighted by Gasteiger charge is -2.03. The number of pyridine rings is 1. The van der Waals surface area contributed by atoms with E-state index >= 15 is 0 Å². The maximum absolute atomic E-state index is 10.8. The molecule has 0 saturated carbocycles. The van der Waals surface area contributed by atoms with Crippen LogP contribution in [0, 0.1) is 24.0 Å². The van der Waals surface area contributed by atoms with Gasteiger partial charge in [-0.25, -0.2) is 4.98 Å². The number of hydrogen-bond donors (Lipinski definition) is 1. The summed E-state index contributed by atoms with van der Waals surface area (Å²) in [5.74, 6) is 1.34. The predicted octanol–water partition coefficient (Wildman–Crippen LogP) is 1.60. The van der Waals surface area contributed by atoms with Crippen LogP contribution in [0.3, 0.4) is 0 Å². The summed E-state index contributed by atoms with van der Waals surface area (Å²) in [6, 6.07) is 1.38. The highest BCUT2D eigenvalue weighted by Gasteiger charge is 2.12. The summed E-state index contributed by atoms with van der Waals surface area (Å²) in [4.78, 5) is 18.4. The van der Waals surface area contributed by atoms with E-state index in [2.05, 4.69) is 20.4 Å². The second-order valence-corrected chi connectivity index (χ2v) is 3.70. The first-order valence-corrected chi connectivity index (χ1v) is 5.20. The first-order chi connectivity index (χ1) is 8.56. The van der Waals surface area contributed by atoms with E-state index in [-0.39, 0.29) is 5.69 Å². The number of hydrogen-bond acceptors (Lipinski definition) is 7. The highest BCUT2D eigenvalue weighted by Crippen LogP contribution is 2.19. The molecule has 1 N–H and O–H groups in total. The summed E-state index contributed by atoms with van der Waals surface area (Å²) in [6.07, 6.45) is 1.45. The van der Waals surface area contributed by atoms with E-state index < -0.39 is 4.92 Å². The van der Waals surface area contributed by atoms with Crippen LogP contribution in [0.25, 0.3) is 0 Å². The van der Waals surface area contributed by atoms with Crippen molar-refractivity contribution in [2.45, 2.75) is 20.4 Å². The van der Waals surface area contributed by atoms with Crippen LogP contribution < -0.4 is 5.32 Å². The van der Waals surface area contributed by atoms with Gasteiger partial charge < -0.3 is 9.84 Å². The van der Waals surface area contributed by atoms with E-state index in [9.17, 15) is 10.1 Å². The Morgan fingerprint density at radius 1 is 1.50 bits per heavy atom. The fraction of sp³-hybridized carbons (Fsp3) is 0.300. The zero-order chi connectivity index (χ0) is 13.1. The summed E-state index contributed by atoms with van der Waals surface area (Å²) >= 11 is 0. The second kappa shape index (κ2) is 4.78. The number of nitrogens with one attached hydrogen (secondary N) is 1. The predicted molar refractivity (Wildman–Crippen MR) is 62.0 cm³/mol. The molecule has 0 spiro atoms. The molecule has 2 aromatic rings. The second-order valence-electron chi connectivity index (χ2n) is 3.70. The van der Waals surface area contributed by atoms with E-state index in [0.29, 0.717) is 29.6 Å². The van der Waals surface area contributed by atoms with Crippen LogP contribution in [-0.4, -0.2) is 20.0 Å². The van der Waals surface area contributed by atoms with Gasteiger partial charge in [-0.2, -0.15) is 4.98 Å². The summed E-state index contributed by atoms with van der Waals surface area (Å²) in [6.45, 7) is 3.62. The van der Waals surface area contributed by atoms with Crippen LogP contribution in [0.2, 0.25) is 0 Å². The molecule has 0 unspecified atom stereocenters. The van der Waals surface area contributed by atoms with Crippen molar-refractivity contribution >= 4 is 11.5 Å². The smallest absolute Gasteiger partial charge is 0.277 e. The third-order valence-electron chi connectivity index (χ3n) is 2.27. The maximum atomic E-state index is 10.8.